The number of hydrogen-bond donors (Lipinski definition) is 1. The molecule has 4 heteroatoms. The summed E-state index contributed by atoms with van der Waals surface area (Å²) in [6.07, 6.45) is 3.70. The van der Waals surface area contributed by atoms with E-state index in [1.54, 1.807) is 6.92 Å². The van der Waals surface area contributed by atoms with Crippen molar-refractivity contribution in [1.82, 2.24) is 0 Å². The van der Waals surface area contributed by atoms with E-state index in [0.29, 0.717) is 17.8 Å². The minimum Gasteiger partial charge on any atom is -0.450 e. The Morgan fingerprint density at radius 3 is 2.56 bits per heavy atom. The molecule has 0 spiro atoms. The van der Waals surface area contributed by atoms with Crippen molar-refractivity contribution < 1.29 is 14.3 Å². The van der Waals surface area contributed by atoms with Crippen LogP contribution < -0.4 is 0 Å². The van der Waals surface area contributed by atoms with E-state index in [1.165, 1.54) is 12.8 Å². The fourth-order valence-electron chi connectivity index (χ4n) is 2.71. The van der Waals surface area contributed by atoms with Crippen molar-refractivity contribution in [1.29, 1.82) is 0 Å². The van der Waals surface area contributed by atoms with Crippen LogP contribution in [0.1, 0.15) is 47.0 Å². The SMILES string of the molecule is CC(S)OC(=O)CO[C@@H]1C[C@H](C)CC[C@H]1C(C)C. The molecule has 0 radical (unpaired) electrons. The molecule has 1 aliphatic carbocycles. The van der Waals surface area contributed by atoms with Crippen molar-refractivity contribution in [3.63, 3.8) is 0 Å². The van der Waals surface area contributed by atoms with Crippen LogP contribution in [0.5, 0.6) is 0 Å². The Morgan fingerprint density at radius 1 is 1.33 bits per heavy atom. The molecule has 1 saturated carbocycles. The highest BCUT2D eigenvalue weighted by atomic mass is 32.1. The summed E-state index contributed by atoms with van der Waals surface area (Å²) in [6.45, 7) is 8.48. The van der Waals surface area contributed by atoms with Crippen LogP contribution in [0, 0.1) is 17.8 Å². The van der Waals surface area contributed by atoms with Crippen LogP contribution in [0.2, 0.25) is 0 Å². The molecule has 0 aliphatic heterocycles. The summed E-state index contributed by atoms with van der Waals surface area (Å²) in [7, 11) is 0. The van der Waals surface area contributed by atoms with Crippen molar-refractivity contribution in [2.75, 3.05) is 6.61 Å². The molecule has 1 unspecified atom stereocenters. The van der Waals surface area contributed by atoms with Crippen LogP contribution in [-0.2, 0) is 14.3 Å². The molecule has 0 aromatic carbocycles. The number of esters is 1. The predicted octanol–water partition coefficient (Wildman–Crippen LogP) is 3.28. The van der Waals surface area contributed by atoms with E-state index in [0.717, 1.165) is 6.42 Å². The van der Waals surface area contributed by atoms with Crippen molar-refractivity contribution in [2.45, 2.75) is 58.5 Å². The zero-order chi connectivity index (χ0) is 13.7. The quantitative estimate of drug-likeness (QED) is 0.475. The molecule has 18 heavy (non-hydrogen) atoms. The van der Waals surface area contributed by atoms with Crippen LogP contribution in [0.25, 0.3) is 0 Å². The summed E-state index contributed by atoms with van der Waals surface area (Å²) in [4.78, 5) is 11.5. The minimum atomic E-state index is -0.368. The molecule has 3 nitrogen and oxygen atoms in total. The molecule has 1 fully saturated rings. The van der Waals surface area contributed by atoms with Crippen molar-refractivity contribution >= 4 is 18.6 Å². The van der Waals surface area contributed by atoms with Gasteiger partial charge in [-0.25, -0.2) is 4.79 Å². The summed E-state index contributed by atoms with van der Waals surface area (Å²) in [5.41, 5.74) is -0.368. The highest BCUT2D eigenvalue weighted by Crippen LogP contribution is 2.35. The molecule has 0 N–H and O–H groups in total. The Morgan fingerprint density at radius 2 is 2.00 bits per heavy atom. The first-order chi connectivity index (χ1) is 8.40. The summed E-state index contributed by atoms with van der Waals surface area (Å²) in [5.74, 6) is 1.52. The fourth-order valence-corrected chi connectivity index (χ4v) is 2.82. The number of carbonyl (C=O) groups is 1. The van der Waals surface area contributed by atoms with E-state index in [-0.39, 0.29) is 24.1 Å². The van der Waals surface area contributed by atoms with E-state index >= 15 is 0 Å². The number of thiol groups is 1. The molecule has 0 bridgehead atoms. The van der Waals surface area contributed by atoms with Gasteiger partial charge >= 0.3 is 5.97 Å². The van der Waals surface area contributed by atoms with Crippen LogP contribution in [0.4, 0.5) is 0 Å². The zero-order valence-corrected chi connectivity index (χ0v) is 12.8. The number of rotatable bonds is 5. The Bertz CT molecular complexity index is 266. The second kappa shape index (κ2) is 7.39. The largest absolute Gasteiger partial charge is 0.450 e. The highest BCUT2D eigenvalue weighted by molar-refractivity contribution is 7.80. The Balaban J connectivity index is 2.43. The second-order valence-corrected chi connectivity index (χ2v) is 6.49. The minimum absolute atomic E-state index is 0.0471. The van der Waals surface area contributed by atoms with E-state index < -0.39 is 0 Å². The fraction of sp³-hybridized carbons (Fsp3) is 0.929. The normalized spacial score (nSPS) is 30.2. The monoisotopic (exact) mass is 274 g/mol. The topological polar surface area (TPSA) is 35.5 Å². The van der Waals surface area contributed by atoms with Gasteiger partial charge in [-0.3, -0.25) is 0 Å². The summed E-state index contributed by atoms with van der Waals surface area (Å²) in [5, 5.41) is 0. The molecule has 0 heterocycles. The average Bonchev–Trinajstić information content (AvgIpc) is 2.25. The van der Waals surface area contributed by atoms with Gasteiger partial charge in [-0.05, 0) is 37.5 Å². The maximum atomic E-state index is 11.5. The number of carbonyl (C=O) groups excluding carboxylic acids is 1. The van der Waals surface area contributed by atoms with E-state index in [2.05, 4.69) is 33.4 Å². The Hall–Kier alpha value is -0.220. The molecule has 0 aromatic heterocycles. The molecule has 0 aromatic rings. The Labute approximate surface area is 116 Å². The van der Waals surface area contributed by atoms with E-state index in [4.69, 9.17) is 9.47 Å². The standard InChI is InChI=1S/C14H26O3S/c1-9(2)12-6-5-10(3)7-13(12)16-8-14(15)17-11(4)18/h9-13,18H,5-8H2,1-4H3/t10-,11?,12+,13-/m1/s1. The highest BCUT2D eigenvalue weighted by Gasteiger charge is 2.31. The molecule has 1 aliphatic rings. The zero-order valence-electron chi connectivity index (χ0n) is 11.9. The van der Waals surface area contributed by atoms with Gasteiger partial charge in [0.1, 0.15) is 12.0 Å². The van der Waals surface area contributed by atoms with Crippen LogP contribution >= 0.6 is 12.6 Å². The van der Waals surface area contributed by atoms with Gasteiger partial charge < -0.3 is 9.47 Å². The van der Waals surface area contributed by atoms with Crippen molar-refractivity contribution in [2.24, 2.45) is 17.8 Å². The third kappa shape index (κ3) is 5.19. The van der Waals surface area contributed by atoms with Gasteiger partial charge in [0.25, 0.3) is 0 Å². The predicted molar refractivity (Wildman–Crippen MR) is 75.6 cm³/mol. The maximum absolute atomic E-state index is 11.5. The average molecular weight is 274 g/mol. The third-order valence-corrected chi connectivity index (χ3v) is 3.78. The maximum Gasteiger partial charge on any atom is 0.333 e. The van der Waals surface area contributed by atoms with Gasteiger partial charge in [0, 0.05) is 0 Å². The number of ether oxygens (including phenoxy) is 2. The first kappa shape index (κ1) is 15.8. The van der Waals surface area contributed by atoms with Crippen LogP contribution in [0.3, 0.4) is 0 Å². The molecular weight excluding hydrogens is 248 g/mol. The van der Waals surface area contributed by atoms with Crippen molar-refractivity contribution in [3.05, 3.63) is 0 Å². The van der Waals surface area contributed by atoms with Crippen LogP contribution in [0.15, 0.2) is 0 Å². The first-order valence-corrected chi connectivity index (χ1v) is 7.41. The summed E-state index contributed by atoms with van der Waals surface area (Å²) in [6, 6.07) is 0. The van der Waals surface area contributed by atoms with E-state index in [9.17, 15) is 4.79 Å². The molecule has 1 rings (SSSR count). The van der Waals surface area contributed by atoms with Crippen molar-refractivity contribution in [3.8, 4) is 0 Å². The summed E-state index contributed by atoms with van der Waals surface area (Å²) < 4.78 is 10.7. The lowest BCUT2D eigenvalue weighted by Gasteiger charge is -2.36. The van der Waals surface area contributed by atoms with Gasteiger partial charge in [0.2, 0.25) is 0 Å². The number of hydrogen-bond acceptors (Lipinski definition) is 4. The first-order valence-electron chi connectivity index (χ1n) is 6.89. The molecule has 106 valence electrons. The van der Waals surface area contributed by atoms with Crippen LogP contribution in [-0.4, -0.2) is 24.1 Å². The van der Waals surface area contributed by atoms with Gasteiger partial charge in [0.15, 0.2) is 0 Å². The second-order valence-electron chi connectivity index (χ2n) is 5.76. The molecular formula is C14H26O3S. The lowest BCUT2D eigenvalue weighted by Crippen LogP contribution is -2.35. The van der Waals surface area contributed by atoms with Gasteiger partial charge in [-0.1, -0.05) is 27.2 Å². The Kier molecular flexibility index (Phi) is 6.50. The third-order valence-electron chi connectivity index (χ3n) is 3.68. The van der Waals surface area contributed by atoms with Gasteiger partial charge in [0.05, 0.1) is 6.10 Å². The molecule has 0 amide bonds. The molecule has 4 atom stereocenters. The molecule has 0 saturated heterocycles. The lowest BCUT2D eigenvalue weighted by molar-refractivity contribution is -0.155. The smallest absolute Gasteiger partial charge is 0.333 e. The van der Waals surface area contributed by atoms with E-state index in [1.807, 2.05) is 0 Å². The van der Waals surface area contributed by atoms with Gasteiger partial charge in [-0.2, -0.15) is 0 Å². The summed E-state index contributed by atoms with van der Waals surface area (Å²) >= 11 is 4.02. The lowest BCUT2D eigenvalue weighted by atomic mass is 9.75. The van der Waals surface area contributed by atoms with Gasteiger partial charge in [-0.15, -0.1) is 12.6 Å².